The fourth-order valence-corrected chi connectivity index (χ4v) is 4.59. The molecule has 12 nitrogen and oxygen atoms in total. The van der Waals surface area contributed by atoms with Crippen molar-refractivity contribution >= 4 is 40.5 Å². The Kier molecular flexibility index (Phi) is 11.2. The molecule has 0 spiro atoms. The summed E-state index contributed by atoms with van der Waals surface area (Å²) in [6.45, 7) is 3.58. The van der Waals surface area contributed by atoms with Crippen molar-refractivity contribution in [2.24, 2.45) is 17.4 Å². The summed E-state index contributed by atoms with van der Waals surface area (Å²) in [5.41, 5.74) is 14.0. The molecule has 5 unspecified atom stereocenters. The Labute approximate surface area is 243 Å². The average molecular weight is 579 g/mol. The molecule has 0 aliphatic heterocycles. The largest absolute Gasteiger partial charge is 0.480 e. The van der Waals surface area contributed by atoms with E-state index in [0.29, 0.717) is 12.0 Å². The third-order valence-corrected chi connectivity index (χ3v) is 7.18. The third-order valence-electron chi connectivity index (χ3n) is 7.18. The van der Waals surface area contributed by atoms with E-state index in [1.807, 2.05) is 31.2 Å². The van der Waals surface area contributed by atoms with Gasteiger partial charge in [0.1, 0.15) is 18.1 Å². The maximum Gasteiger partial charge on any atom is 0.326 e. The van der Waals surface area contributed by atoms with E-state index in [0.717, 1.165) is 16.5 Å². The molecule has 4 amide bonds. The summed E-state index contributed by atoms with van der Waals surface area (Å²) >= 11 is 0. The fourth-order valence-electron chi connectivity index (χ4n) is 4.59. The third kappa shape index (κ3) is 8.64. The molecule has 224 valence electrons. The van der Waals surface area contributed by atoms with E-state index in [4.69, 9.17) is 11.5 Å². The van der Waals surface area contributed by atoms with Crippen molar-refractivity contribution in [3.63, 3.8) is 0 Å². The highest BCUT2D eigenvalue weighted by atomic mass is 16.4. The van der Waals surface area contributed by atoms with E-state index in [-0.39, 0.29) is 18.8 Å². The van der Waals surface area contributed by atoms with Crippen LogP contribution in [0.4, 0.5) is 0 Å². The minimum Gasteiger partial charge on any atom is -0.480 e. The number of aromatic nitrogens is 1. The molecule has 0 aliphatic carbocycles. The molecule has 0 radical (unpaired) electrons. The molecule has 9 N–H and O–H groups in total. The topological polar surface area (TPSA) is 209 Å². The number of carboxylic acids is 1. The Morgan fingerprint density at radius 3 is 2.14 bits per heavy atom. The van der Waals surface area contributed by atoms with Crippen LogP contribution in [-0.2, 0) is 36.8 Å². The Bertz CT molecular complexity index is 1410. The summed E-state index contributed by atoms with van der Waals surface area (Å²) in [6.07, 6.45) is 1.91. The molecule has 3 aromatic rings. The van der Waals surface area contributed by atoms with Crippen molar-refractivity contribution in [2.45, 2.75) is 63.7 Å². The Morgan fingerprint density at radius 1 is 0.857 bits per heavy atom. The summed E-state index contributed by atoms with van der Waals surface area (Å²) in [5.74, 6) is -4.72. The first-order valence-corrected chi connectivity index (χ1v) is 13.8. The number of benzene rings is 2. The van der Waals surface area contributed by atoms with Gasteiger partial charge >= 0.3 is 5.97 Å². The van der Waals surface area contributed by atoms with Gasteiger partial charge in [0.15, 0.2) is 0 Å². The number of hydrogen-bond acceptors (Lipinski definition) is 6. The summed E-state index contributed by atoms with van der Waals surface area (Å²) in [5, 5.41) is 18.2. The number of carboxylic acid groups (broad SMARTS) is 1. The molecular formula is C30H38N6O6. The lowest BCUT2D eigenvalue weighted by atomic mass is 9.96. The number of H-pyrrole nitrogens is 1. The number of aliphatic carboxylic acids is 1. The van der Waals surface area contributed by atoms with Gasteiger partial charge in [0.2, 0.25) is 23.6 Å². The minimum absolute atomic E-state index is 0.0149. The van der Waals surface area contributed by atoms with E-state index in [9.17, 15) is 29.1 Å². The first-order chi connectivity index (χ1) is 20.0. The smallest absolute Gasteiger partial charge is 0.326 e. The Balaban J connectivity index is 1.71. The number of aromatic amines is 1. The number of hydrogen-bond donors (Lipinski definition) is 7. The number of carbonyl (C=O) groups excluding carboxylic acids is 4. The van der Waals surface area contributed by atoms with E-state index in [1.54, 1.807) is 43.5 Å². The second kappa shape index (κ2) is 14.8. The van der Waals surface area contributed by atoms with Crippen molar-refractivity contribution in [1.29, 1.82) is 0 Å². The van der Waals surface area contributed by atoms with Crippen LogP contribution in [0.25, 0.3) is 10.9 Å². The van der Waals surface area contributed by atoms with Gasteiger partial charge in [-0.2, -0.15) is 0 Å². The average Bonchev–Trinajstić information content (AvgIpc) is 3.37. The van der Waals surface area contributed by atoms with Gasteiger partial charge < -0.3 is 37.5 Å². The molecule has 3 rings (SSSR count). The van der Waals surface area contributed by atoms with Gasteiger partial charge in [0.05, 0.1) is 12.5 Å². The van der Waals surface area contributed by atoms with Crippen LogP contribution in [0.3, 0.4) is 0 Å². The van der Waals surface area contributed by atoms with Gasteiger partial charge in [-0.05, 0) is 29.5 Å². The van der Waals surface area contributed by atoms with Crippen molar-refractivity contribution in [1.82, 2.24) is 20.9 Å². The highest BCUT2D eigenvalue weighted by Crippen LogP contribution is 2.19. The number of fused-ring (bicyclic) bond motifs is 1. The van der Waals surface area contributed by atoms with Crippen LogP contribution in [-0.4, -0.2) is 63.9 Å². The first kappa shape index (κ1) is 31.8. The van der Waals surface area contributed by atoms with Crippen LogP contribution in [0.5, 0.6) is 0 Å². The van der Waals surface area contributed by atoms with Gasteiger partial charge in [-0.25, -0.2) is 4.79 Å². The molecule has 5 atom stereocenters. The Hall–Kier alpha value is -4.71. The zero-order chi connectivity index (χ0) is 30.8. The quantitative estimate of drug-likeness (QED) is 0.137. The highest BCUT2D eigenvalue weighted by molar-refractivity contribution is 5.96. The minimum atomic E-state index is -1.46. The number of para-hydroxylation sites is 1. The van der Waals surface area contributed by atoms with Crippen LogP contribution in [0, 0.1) is 5.92 Å². The molecular weight excluding hydrogens is 540 g/mol. The lowest BCUT2D eigenvalue weighted by molar-refractivity contribution is -0.142. The molecule has 1 heterocycles. The van der Waals surface area contributed by atoms with E-state index < -0.39 is 60.2 Å². The van der Waals surface area contributed by atoms with Gasteiger partial charge in [0.25, 0.3) is 0 Å². The van der Waals surface area contributed by atoms with Gasteiger partial charge in [-0.15, -0.1) is 0 Å². The fraction of sp³-hybridized carbons (Fsp3) is 0.367. The van der Waals surface area contributed by atoms with Crippen molar-refractivity contribution in [3.8, 4) is 0 Å². The molecule has 0 saturated carbocycles. The first-order valence-electron chi connectivity index (χ1n) is 13.8. The maximum absolute atomic E-state index is 13.4. The predicted octanol–water partition coefficient (Wildman–Crippen LogP) is 0.741. The van der Waals surface area contributed by atoms with Crippen LogP contribution >= 0.6 is 0 Å². The molecule has 0 bridgehead atoms. The SMILES string of the molecule is CCC(C)C(NC(=O)C(N)Cc1c[nH]c2ccccc12)C(=O)NC(CC(N)=O)C(=O)NC(Cc1ccccc1)C(=O)O. The molecule has 0 saturated heterocycles. The predicted molar refractivity (Wildman–Crippen MR) is 157 cm³/mol. The number of carbonyl (C=O) groups is 5. The Morgan fingerprint density at radius 2 is 1.50 bits per heavy atom. The second-order valence-electron chi connectivity index (χ2n) is 10.4. The summed E-state index contributed by atoms with van der Waals surface area (Å²) in [4.78, 5) is 66.3. The number of rotatable bonds is 15. The normalized spacial score (nSPS) is 14.6. The van der Waals surface area contributed by atoms with Crippen LogP contribution in [0.1, 0.15) is 37.8 Å². The number of nitrogens with two attached hydrogens (primary N) is 2. The zero-order valence-corrected chi connectivity index (χ0v) is 23.6. The number of primary amides is 1. The molecule has 0 aliphatic rings. The number of amides is 4. The van der Waals surface area contributed by atoms with Crippen LogP contribution in [0.15, 0.2) is 60.8 Å². The monoisotopic (exact) mass is 578 g/mol. The van der Waals surface area contributed by atoms with E-state index in [2.05, 4.69) is 20.9 Å². The zero-order valence-electron chi connectivity index (χ0n) is 23.6. The molecule has 1 aromatic heterocycles. The second-order valence-corrected chi connectivity index (χ2v) is 10.4. The highest BCUT2D eigenvalue weighted by Gasteiger charge is 2.33. The molecule has 2 aromatic carbocycles. The van der Waals surface area contributed by atoms with Crippen molar-refractivity contribution in [3.05, 3.63) is 71.9 Å². The van der Waals surface area contributed by atoms with Crippen LogP contribution < -0.4 is 27.4 Å². The standard InChI is InChI=1S/C30H38N6O6/c1-3-17(2)26(36-27(38)21(31)14-19-16-33-22-12-8-7-11-20(19)22)29(40)34-23(15-25(32)37)28(39)35-24(30(41)42)13-18-9-5-4-6-10-18/h4-12,16-17,21,23-24,26,33H,3,13-15,31H2,1-2H3,(H2,32,37)(H,34,40)(H,35,39)(H,36,38)(H,41,42). The van der Waals surface area contributed by atoms with Gasteiger partial charge in [0, 0.05) is 23.5 Å². The lowest BCUT2D eigenvalue weighted by Crippen LogP contribution is -2.59. The van der Waals surface area contributed by atoms with Crippen molar-refractivity contribution in [2.75, 3.05) is 0 Å². The molecule has 12 heteroatoms. The maximum atomic E-state index is 13.4. The summed E-state index contributed by atoms with van der Waals surface area (Å²) in [7, 11) is 0. The lowest BCUT2D eigenvalue weighted by Gasteiger charge is -2.27. The summed E-state index contributed by atoms with van der Waals surface area (Å²) < 4.78 is 0. The van der Waals surface area contributed by atoms with E-state index in [1.165, 1.54) is 0 Å². The van der Waals surface area contributed by atoms with Crippen LogP contribution in [0.2, 0.25) is 0 Å². The molecule has 42 heavy (non-hydrogen) atoms. The van der Waals surface area contributed by atoms with Gasteiger partial charge in [-0.1, -0.05) is 68.8 Å². The number of nitrogens with one attached hydrogen (secondary N) is 4. The van der Waals surface area contributed by atoms with E-state index >= 15 is 0 Å². The summed E-state index contributed by atoms with van der Waals surface area (Å²) in [6, 6.07) is 11.4. The van der Waals surface area contributed by atoms with Gasteiger partial charge in [-0.3, -0.25) is 19.2 Å². The van der Waals surface area contributed by atoms with Crippen molar-refractivity contribution < 1.29 is 29.1 Å². The molecule has 0 fully saturated rings.